The first-order chi connectivity index (χ1) is 16.4. The molecule has 174 valence electrons. The van der Waals surface area contributed by atoms with Crippen molar-refractivity contribution in [2.24, 2.45) is 0 Å². The Labute approximate surface area is 196 Å². The zero-order valence-corrected chi connectivity index (χ0v) is 19.0. The van der Waals surface area contributed by atoms with E-state index in [9.17, 15) is 15.0 Å². The molecular formula is C25H26N6O3. The molecule has 34 heavy (non-hydrogen) atoms. The summed E-state index contributed by atoms with van der Waals surface area (Å²) in [6, 6.07) is 18.7. The number of nitrogens with one attached hydrogen (secondary N) is 1. The van der Waals surface area contributed by atoms with Crippen molar-refractivity contribution in [1.29, 1.82) is 0 Å². The number of carbonyl (C=O) groups is 1. The van der Waals surface area contributed by atoms with E-state index < -0.39 is 6.23 Å². The van der Waals surface area contributed by atoms with Gasteiger partial charge >= 0.3 is 0 Å². The lowest BCUT2D eigenvalue weighted by Gasteiger charge is -2.39. The standard InChI is InChI=1S/C25H26N6O3/c1-29(2)23(33)17-7-5-16(6-8-17)21-4-3-13-31-22(21)27-25(28-31)26-19-11-9-18(10-12-19)24(34)30-14-20(32)15-30/h3-13,20,24,32,34H,14-15H2,1-2H3,(H,26,28). The molecular weight excluding hydrogens is 432 g/mol. The van der Waals surface area contributed by atoms with Gasteiger partial charge < -0.3 is 20.4 Å². The minimum Gasteiger partial charge on any atom is -0.390 e. The molecule has 9 heteroatoms. The summed E-state index contributed by atoms with van der Waals surface area (Å²) in [5, 5.41) is 27.6. The molecule has 0 radical (unpaired) electrons. The maximum atomic E-state index is 12.2. The van der Waals surface area contributed by atoms with Crippen molar-refractivity contribution in [1.82, 2.24) is 24.4 Å². The Kier molecular flexibility index (Phi) is 5.74. The summed E-state index contributed by atoms with van der Waals surface area (Å²) in [6.07, 6.45) is 0.745. The van der Waals surface area contributed by atoms with E-state index in [1.54, 1.807) is 28.4 Å². The molecule has 9 nitrogen and oxygen atoms in total. The number of aliphatic hydroxyl groups excluding tert-OH is 2. The van der Waals surface area contributed by atoms with E-state index in [2.05, 4.69) is 15.4 Å². The first-order valence-corrected chi connectivity index (χ1v) is 11.0. The van der Waals surface area contributed by atoms with Crippen molar-refractivity contribution in [3.8, 4) is 11.1 Å². The van der Waals surface area contributed by atoms with Crippen LogP contribution in [0, 0.1) is 0 Å². The number of aliphatic hydroxyl groups is 2. The third kappa shape index (κ3) is 4.24. The normalized spacial score (nSPS) is 15.2. The number of nitrogens with zero attached hydrogens (tertiary/aromatic N) is 5. The highest BCUT2D eigenvalue weighted by Crippen LogP contribution is 2.27. The number of hydrogen-bond donors (Lipinski definition) is 3. The number of likely N-dealkylation sites (tertiary alicyclic amines) is 1. The summed E-state index contributed by atoms with van der Waals surface area (Å²) in [4.78, 5) is 20.2. The molecule has 5 rings (SSSR count). The maximum Gasteiger partial charge on any atom is 0.253 e. The molecule has 1 atom stereocenters. The molecule has 0 aliphatic carbocycles. The fraction of sp³-hybridized carbons (Fsp3) is 0.240. The summed E-state index contributed by atoms with van der Waals surface area (Å²) in [5.41, 5.74) is 4.72. The number of pyridine rings is 1. The number of carbonyl (C=O) groups excluding carboxylic acids is 1. The van der Waals surface area contributed by atoms with E-state index in [-0.39, 0.29) is 12.0 Å². The van der Waals surface area contributed by atoms with E-state index >= 15 is 0 Å². The van der Waals surface area contributed by atoms with Crippen molar-refractivity contribution in [3.05, 3.63) is 78.0 Å². The minimum atomic E-state index is -0.729. The Bertz CT molecular complexity index is 1310. The van der Waals surface area contributed by atoms with Crippen LogP contribution in [-0.2, 0) is 0 Å². The Morgan fingerprint density at radius 2 is 1.79 bits per heavy atom. The van der Waals surface area contributed by atoms with Gasteiger partial charge in [0.1, 0.15) is 6.23 Å². The molecule has 0 bridgehead atoms. The van der Waals surface area contributed by atoms with Gasteiger partial charge in [0.05, 0.1) is 6.10 Å². The molecule has 1 saturated heterocycles. The van der Waals surface area contributed by atoms with Gasteiger partial charge in [-0.3, -0.25) is 9.69 Å². The zero-order valence-electron chi connectivity index (χ0n) is 19.0. The third-order valence-corrected chi connectivity index (χ3v) is 5.91. The molecule has 0 saturated carbocycles. The lowest BCUT2D eigenvalue weighted by atomic mass is 10.0. The highest BCUT2D eigenvalue weighted by atomic mass is 16.3. The molecule has 1 amide bonds. The molecule has 2 aromatic heterocycles. The van der Waals surface area contributed by atoms with Crippen molar-refractivity contribution in [2.75, 3.05) is 32.5 Å². The Balaban J connectivity index is 1.35. The second-order valence-corrected chi connectivity index (χ2v) is 8.63. The van der Waals surface area contributed by atoms with Crippen molar-refractivity contribution < 1.29 is 15.0 Å². The van der Waals surface area contributed by atoms with Crippen LogP contribution in [0.15, 0.2) is 66.9 Å². The van der Waals surface area contributed by atoms with Gasteiger partial charge in [0.15, 0.2) is 5.65 Å². The molecule has 1 aliphatic rings. The molecule has 3 N–H and O–H groups in total. The van der Waals surface area contributed by atoms with Crippen molar-refractivity contribution in [3.63, 3.8) is 0 Å². The van der Waals surface area contributed by atoms with E-state index in [0.717, 1.165) is 22.4 Å². The Hall–Kier alpha value is -3.79. The van der Waals surface area contributed by atoms with E-state index in [1.807, 2.05) is 66.9 Å². The summed E-state index contributed by atoms with van der Waals surface area (Å²) in [7, 11) is 3.46. The second-order valence-electron chi connectivity index (χ2n) is 8.63. The van der Waals surface area contributed by atoms with E-state index in [4.69, 9.17) is 0 Å². The number of β-amino-alcohol motifs (C(OH)–C–C–N with tert-alkyl or cyclic N) is 1. The number of aromatic nitrogens is 3. The maximum absolute atomic E-state index is 12.2. The van der Waals surface area contributed by atoms with Crippen LogP contribution in [0.4, 0.5) is 11.6 Å². The van der Waals surface area contributed by atoms with Crippen molar-refractivity contribution >= 4 is 23.2 Å². The fourth-order valence-corrected chi connectivity index (χ4v) is 4.00. The average Bonchev–Trinajstić information content (AvgIpc) is 3.24. The highest BCUT2D eigenvalue weighted by molar-refractivity contribution is 5.94. The number of hydrogen-bond acceptors (Lipinski definition) is 7. The zero-order chi connectivity index (χ0) is 23.8. The first-order valence-electron chi connectivity index (χ1n) is 11.0. The van der Waals surface area contributed by atoms with Crippen LogP contribution in [0.25, 0.3) is 16.8 Å². The average molecular weight is 459 g/mol. The molecule has 4 aromatic rings. The van der Waals surface area contributed by atoms with Crippen LogP contribution in [-0.4, -0.2) is 73.8 Å². The van der Waals surface area contributed by atoms with Gasteiger partial charge in [0.25, 0.3) is 5.91 Å². The fourth-order valence-electron chi connectivity index (χ4n) is 4.00. The minimum absolute atomic E-state index is 0.0419. The monoisotopic (exact) mass is 458 g/mol. The number of rotatable bonds is 6. The number of anilines is 2. The van der Waals surface area contributed by atoms with E-state index in [0.29, 0.717) is 30.2 Å². The second kappa shape index (κ2) is 8.86. The molecule has 1 aliphatic heterocycles. The van der Waals surface area contributed by atoms with E-state index in [1.165, 1.54) is 0 Å². The smallest absolute Gasteiger partial charge is 0.253 e. The van der Waals surface area contributed by atoms with Gasteiger partial charge in [-0.15, -0.1) is 5.10 Å². The molecule has 3 heterocycles. The summed E-state index contributed by atoms with van der Waals surface area (Å²) in [5.74, 6) is 0.408. The van der Waals surface area contributed by atoms with Gasteiger partial charge in [0.2, 0.25) is 5.95 Å². The van der Waals surface area contributed by atoms with Crippen LogP contribution >= 0.6 is 0 Å². The summed E-state index contributed by atoms with van der Waals surface area (Å²) in [6.45, 7) is 0.951. The van der Waals surface area contributed by atoms with Crippen molar-refractivity contribution in [2.45, 2.75) is 12.3 Å². The van der Waals surface area contributed by atoms with Crippen LogP contribution in [0.1, 0.15) is 22.1 Å². The van der Waals surface area contributed by atoms with Crippen LogP contribution in [0.3, 0.4) is 0 Å². The topological polar surface area (TPSA) is 106 Å². The van der Waals surface area contributed by atoms with Crippen LogP contribution in [0.5, 0.6) is 0 Å². The van der Waals surface area contributed by atoms with Gasteiger partial charge in [-0.1, -0.05) is 24.3 Å². The lowest BCUT2D eigenvalue weighted by Crippen LogP contribution is -2.52. The molecule has 1 unspecified atom stereocenters. The number of amides is 1. The molecule has 1 fully saturated rings. The predicted molar refractivity (Wildman–Crippen MR) is 129 cm³/mol. The third-order valence-electron chi connectivity index (χ3n) is 5.91. The summed E-state index contributed by atoms with van der Waals surface area (Å²) >= 11 is 0. The van der Waals surface area contributed by atoms with Gasteiger partial charge in [-0.05, 0) is 47.5 Å². The molecule has 0 spiro atoms. The Morgan fingerprint density at radius 1 is 1.09 bits per heavy atom. The lowest BCUT2D eigenvalue weighted by molar-refractivity contribution is -0.101. The van der Waals surface area contributed by atoms with Gasteiger partial charge in [-0.25, -0.2) is 4.52 Å². The SMILES string of the molecule is CN(C)C(=O)c1ccc(-c2cccn3nc(Nc4ccc(C(O)N5CC(O)C5)cc4)nc23)cc1. The molecule has 2 aromatic carbocycles. The van der Waals surface area contributed by atoms with Crippen LogP contribution < -0.4 is 5.32 Å². The first kappa shape index (κ1) is 22.0. The number of benzene rings is 2. The quantitative estimate of drug-likeness (QED) is 0.408. The number of fused-ring (bicyclic) bond motifs is 1. The largest absolute Gasteiger partial charge is 0.390 e. The highest BCUT2D eigenvalue weighted by Gasteiger charge is 2.30. The van der Waals surface area contributed by atoms with Crippen LogP contribution in [0.2, 0.25) is 0 Å². The summed E-state index contributed by atoms with van der Waals surface area (Å²) < 4.78 is 1.71. The Morgan fingerprint density at radius 3 is 2.44 bits per heavy atom. The predicted octanol–water partition coefficient (Wildman–Crippen LogP) is 2.51. The van der Waals surface area contributed by atoms with Gasteiger partial charge in [0, 0.05) is 50.2 Å². The van der Waals surface area contributed by atoms with Gasteiger partial charge in [-0.2, -0.15) is 4.98 Å².